The normalized spacial score (nSPS) is 14.6. The fourth-order valence-electron chi connectivity index (χ4n) is 2.39. The van der Waals surface area contributed by atoms with Crippen LogP contribution in [0.2, 0.25) is 58.9 Å². The van der Waals surface area contributed by atoms with Crippen LogP contribution in [-0.4, -0.2) is 24.2 Å². The first-order chi connectivity index (χ1) is 7.35. The van der Waals surface area contributed by atoms with Crippen molar-refractivity contribution in [3.63, 3.8) is 0 Å². The van der Waals surface area contributed by atoms with E-state index in [2.05, 4.69) is 64.7 Å². The minimum absolute atomic E-state index is 1.01. The van der Waals surface area contributed by atoms with E-state index in [1.165, 1.54) is 0 Å². The monoisotopic (exact) mass is 300 g/mol. The van der Waals surface area contributed by atoms with Gasteiger partial charge in [-0.25, -0.2) is 0 Å². The molecule has 1 rings (SSSR count). The summed E-state index contributed by atoms with van der Waals surface area (Å²) in [6.07, 6.45) is 0. The second-order valence-corrected chi connectivity index (χ2v) is 24.8. The topological polar surface area (TPSA) is 0 Å². The summed E-state index contributed by atoms with van der Waals surface area (Å²) in [6.45, 7) is 22.7. The smallest absolute Gasteiger partial charge is 0.0822 e. The van der Waals surface area contributed by atoms with Gasteiger partial charge in [0.25, 0.3) is 0 Å². The average Bonchev–Trinajstić information content (AvgIpc) is 2.42. The van der Waals surface area contributed by atoms with Gasteiger partial charge in [0, 0.05) is 0 Å². The Bertz CT molecular complexity index is 368. The predicted molar refractivity (Wildman–Crippen MR) is 94.9 cm³/mol. The van der Waals surface area contributed by atoms with E-state index in [9.17, 15) is 0 Å². The third-order valence-electron chi connectivity index (χ3n) is 3.19. The summed E-state index contributed by atoms with van der Waals surface area (Å²) in [4.78, 5) is 1.90. The van der Waals surface area contributed by atoms with Gasteiger partial charge in [0.15, 0.2) is 0 Å². The summed E-state index contributed by atoms with van der Waals surface area (Å²) >= 11 is 0. The van der Waals surface area contributed by atoms with E-state index in [0.29, 0.717) is 0 Å². The van der Waals surface area contributed by atoms with E-state index in [1.54, 1.807) is 0 Å². The first-order valence-electron chi connectivity index (χ1n) is 6.58. The molecule has 0 nitrogen and oxygen atoms in total. The van der Waals surface area contributed by atoms with Gasteiger partial charge >= 0.3 is 0 Å². The van der Waals surface area contributed by atoms with E-state index in [-0.39, 0.29) is 0 Å². The SMILES string of the molecule is C[Si](C)(C)c1c[pH]c([Si](C)(C)C)c1[Si](C)(C)C. The fraction of sp³-hybridized carbons (Fsp3) is 0.692. The molecule has 4 heteroatoms. The van der Waals surface area contributed by atoms with Crippen LogP contribution in [0, 0.1) is 0 Å². The molecule has 0 N–H and O–H groups in total. The Hall–Kier alpha value is 0.431. The Morgan fingerprint density at radius 3 is 1.47 bits per heavy atom. The Kier molecular flexibility index (Phi) is 4.12. The zero-order valence-electron chi connectivity index (χ0n) is 13.1. The Morgan fingerprint density at radius 1 is 0.706 bits per heavy atom. The molecule has 1 aromatic heterocycles. The van der Waals surface area contributed by atoms with Crippen molar-refractivity contribution >= 4 is 47.7 Å². The summed E-state index contributed by atoms with van der Waals surface area (Å²) < 4.78 is 0. The van der Waals surface area contributed by atoms with Crippen molar-refractivity contribution in [2.75, 3.05) is 0 Å². The van der Waals surface area contributed by atoms with E-state index < -0.39 is 24.2 Å². The van der Waals surface area contributed by atoms with Crippen molar-refractivity contribution in [1.29, 1.82) is 0 Å². The molecule has 1 atom stereocenters. The van der Waals surface area contributed by atoms with E-state index >= 15 is 0 Å². The van der Waals surface area contributed by atoms with Gasteiger partial charge in [-0.05, 0) is 10.7 Å². The molecule has 0 radical (unpaired) electrons. The lowest BCUT2D eigenvalue weighted by atomic mass is 10.6. The number of rotatable bonds is 3. The van der Waals surface area contributed by atoms with Gasteiger partial charge in [-0.15, -0.1) is 8.19 Å². The van der Waals surface area contributed by atoms with Crippen LogP contribution in [-0.2, 0) is 0 Å². The molecule has 98 valence electrons. The highest BCUT2D eigenvalue weighted by molar-refractivity contribution is 7.43. The first kappa shape index (κ1) is 15.5. The molecule has 0 aromatic carbocycles. The zero-order valence-corrected chi connectivity index (χ0v) is 17.1. The Morgan fingerprint density at radius 2 is 1.18 bits per heavy atom. The van der Waals surface area contributed by atoms with Crippen molar-refractivity contribution in [3.05, 3.63) is 5.80 Å². The van der Waals surface area contributed by atoms with Crippen molar-refractivity contribution < 1.29 is 0 Å². The van der Waals surface area contributed by atoms with Gasteiger partial charge in [0.2, 0.25) is 0 Å². The minimum Gasteiger partial charge on any atom is -0.141 e. The Labute approximate surface area is 112 Å². The third-order valence-corrected chi connectivity index (χ3v) is 13.7. The molecule has 0 aliphatic rings. The molecule has 0 amide bonds. The van der Waals surface area contributed by atoms with Crippen LogP contribution in [0.15, 0.2) is 5.80 Å². The lowest BCUT2D eigenvalue weighted by molar-refractivity contribution is 1.72. The molecule has 0 fully saturated rings. The van der Waals surface area contributed by atoms with Gasteiger partial charge in [-0.2, -0.15) is 0 Å². The fourth-order valence-corrected chi connectivity index (χ4v) is 16.6. The summed E-state index contributed by atoms with van der Waals surface area (Å²) in [5, 5.41) is 3.70. The van der Waals surface area contributed by atoms with Gasteiger partial charge in [0.1, 0.15) is 0 Å². The molecule has 0 saturated carbocycles. The number of hydrogen-bond donors (Lipinski definition) is 0. The van der Waals surface area contributed by atoms with Crippen LogP contribution in [0.5, 0.6) is 0 Å². The molecule has 1 aromatic rings. The van der Waals surface area contributed by atoms with E-state index in [0.717, 1.165) is 8.19 Å². The molecule has 0 aliphatic carbocycles. The molecular formula is C13H29PSi3. The zero-order chi connectivity index (χ0) is 13.6. The van der Waals surface area contributed by atoms with Crippen LogP contribution in [0.25, 0.3) is 0 Å². The minimum atomic E-state index is -1.18. The first-order valence-corrected chi connectivity index (χ1v) is 18.2. The summed E-state index contributed by atoms with van der Waals surface area (Å²) in [6, 6.07) is 0. The largest absolute Gasteiger partial charge is 0.141 e. The highest BCUT2D eigenvalue weighted by atomic mass is 31.0. The van der Waals surface area contributed by atoms with Crippen molar-refractivity contribution in [2.24, 2.45) is 0 Å². The standard InChI is InChI=1S/C13H29PSi3/c1-15(2,3)11-10-14-13(17(7,8)9)12(11)16(4,5)6/h10,14H,1-9H3. The van der Waals surface area contributed by atoms with Crippen molar-refractivity contribution in [2.45, 2.75) is 58.9 Å². The van der Waals surface area contributed by atoms with Crippen LogP contribution >= 0.6 is 8.19 Å². The summed E-state index contributed by atoms with van der Waals surface area (Å²) in [7, 11) is -2.45. The second kappa shape index (κ2) is 4.52. The summed E-state index contributed by atoms with van der Waals surface area (Å²) in [5.74, 6) is 2.62. The molecular weight excluding hydrogens is 271 g/mol. The quantitative estimate of drug-likeness (QED) is 0.751. The molecule has 17 heavy (non-hydrogen) atoms. The van der Waals surface area contributed by atoms with Crippen molar-refractivity contribution in [3.8, 4) is 0 Å². The maximum absolute atomic E-state index is 2.62. The Balaban J connectivity index is 3.53. The highest BCUT2D eigenvalue weighted by Crippen LogP contribution is 2.16. The number of hydrogen-bond acceptors (Lipinski definition) is 0. The molecule has 0 spiro atoms. The van der Waals surface area contributed by atoms with Crippen LogP contribution < -0.4 is 15.3 Å². The van der Waals surface area contributed by atoms with E-state index in [1.807, 2.05) is 15.3 Å². The van der Waals surface area contributed by atoms with Gasteiger partial charge in [0.05, 0.1) is 24.2 Å². The lowest BCUT2D eigenvalue weighted by Gasteiger charge is -2.29. The van der Waals surface area contributed by atoms with Gasteiger partial charge in [-0.3, -0.25) is 0 Å². The van der Waals surface area contributed by atoms with Gasteiger partial charge < -0.3 is 0 Å². The molecule has 1 unspecified atom stereocenters. The van der Waals surface area contributed by atoms with Gasteiger partial charge in [-0.1, -0.05) is 69.3 Å². The lowest BCUT2D eigenvalue weighted by Crippen LogP contribution is -2.63. The van der Waals surface area contributed by atoms with Crippen LogP contribution in [0.1, 0.15) is 0 Å². The second-order valence-electron chi connectivity index (χ2n) is 8.20. The summed E-state index contributed by atoms with van der Waals surface area (Å²) in [5.41, 5.74) is 0. The van der Waals surface area contributed by atoms with Crippen LogP contribution in [0.4, 0.5) is 0 Å². The predicted octanol–water partition coefficient (Wildman–Crippen LogP) is 3.35. The molecule has 0 bridgehead atoms. The van der Waals surface area contributed by atoms with E-state index in [4.69, 9.17) is 0 Å². The highest BCUT2D eigenvalue weighted by Gasteiger charge is 2.34. The maximum atomic E-state index is 2.62. The van der Waals surface area contributed by atoms with Crippen LogP contribution in [0.3, 0.4) is 0 Å². The molecule has 0 saturated heterocycles. The molecule has 1 heterocycles. The maximum Gasteiger partial charge on any atom is 0.0822 e. The molecule has 0 aliphatic heterocycles. The third kappa shape index (κ3) is 3.46. The average molecular weight is 301 g/mol. The van der Waals surface area contributed by atoms with Crippen molar-refractivity contribution in [1.82, 2.24) is 0 Å².